The second-order valence-corrected chi connectivity index (χ2v) is 6.98. The molecule has 0 radical (unpaired) electrons. The Morgan fingerprint density at radius 1 is 1.38 bits per heavy atom. The molecule has 2 N–H and O–H groups in total. The van der Waals surface area contributed by atoms with Crippen LogP contribution in [0.2, 0.25) is 5.02 Å². The number of rotatable bonds is 7. The molecular formula is C19H26ClN3O3. The number of nitrogens with one attached hydrogen (secondary N) is 2. The first kappa shape index (κ1) is 20.2. The first-order valence-corrected chi connectivity index (χ1v) is 9.33. The van der Waals surface area contributed by atoms with Crippen LogP contribution in [0.25, 0.3) is 6.08 Å². The molecule has 0 aromatic carbocycles. The molecule has 1 amide bonds. The largest absolute Gasteiger partial charge is 0.466 e. The second kappa shape index (κ2) is 10.2. The van der Waals surface area contributed by atoms with Gasteiger partial charge in [-0.05, 0) is 43.4 Å². The Kier molecular flexibility index (Phi) is 7.91. The summed E-state index contributed by atoms with van der Waals surface area (Å²) in [7, 11) is 1.31. The zero-order valence-electron chi connectivity index (χ0n) is 15.3. The Hall–Kier alpha value is -2.08. The number of carbonyl (C=O) groups excluding carboxylic acids is 2. The van der Waals surface area contributed by atoms with E-state index in [0.29, 0.717) is 22.3 Å². The van der Waals surface area contributed by atoms with Gasteiger partial charge in [-0.15, -0.1) is 0 Å². The predicted molar refractivity (Wildman–Crippen MR) is 103 cm³/mol. The Morgan fingerprint density at radius 2 is 2.12 bits per heavy atom. The van der Waals surface area contributed by atoms with E-state index in [2.05, 4.69) is 20.4 Å². The van der Waals surface area contributed by atoms with Crippen molar-refractivity contribution >= 4 is 35.4 Å². The van der Waals surface area contributed by atoms with Gasteiger partial charge >= 0.3 is 5.97 Å². The van der Waals surface area contributed by atoms with Crippen molar-refractivity contribution in [2.45, 2.75) is 45.1 Å². The number of methoxy groups -OCH3 is 1. The van der Waals surface area contributed by atoms with E-state index in [1.54, 1.807) is 25.3 Å². The molecule has 0 unspecified atom stereocenters. The van der Waals surface area contributed by atoms with Gasteiger partial charge in [0.2, 0.25) is 5.91 Å². The summed E-state index contributed by atoms with van der Waals surface area (Å²) in [6.45, 7) is 2.50. The van der Waals surface area contributed by atoms with E-state index < -0.39 is 12.0 Å². The molecule has 26 heavy (non-hydrogen) atoms. The van der Waals surface area contributed by atoms with Crippen LogP contribution in [-0.4, -0.2) is 36.6 Å². The van der Waals surface area contributed by atoms with Gasteiger partial charge in [0, 0.05) is 18.8 Å². The van der Waals surface area contributed by atoms with Gasteiger partial charge < -0.3 is 15.4 Å². The number of ether oxygens (including phenoxy) is 1. The zero-order chi connectivity index (χ0) is 18.9. The van der Waals surface area contributed by atoms with E-state index in [0.717, 1.165) is 6.54 Å². The van der Waals surface area contributed by atoms with E-state index in [1.807, 2.05) is 0 Å². The van der Waals surface area contributed by atoms with Crippen LogP contribution < -0.4 is 10.6 Å². The lowest BCUT2D eigenvalue weighted by Crippen LogP contribution is -2.40. The summed E-state index contributed by atoms with van der Waals surface area (Å²) < 4.78 is 4.54. The molecule has 0 aliphatic heterocycles. The van der Waals surface area contributed by atoms with Crippen LogP contribution in [0.1, 0.15) is 44.6 Å². The minimum atomic E-state index is -0.452. The molecule has 1 atom stereocenters. The quantitative estimate of drug-likeness (QED) is 0.560. The molecule has 2 rings (SSSR count). The first-order chi connectivity index (χ1) is 12.5. The topological polar surface area (TPSA) is 80.3 Å². The number of halogens is 1. The van der Waals surface area contributed by atoms with Gasteiger partial charge in [-0.25, -0.2) is 9.78 Å². The smallest absolute Gasteiger partial charge is 0.330 e. The summed E-state index contributed by atoms with van der Waals surface area (Å²) in [5.74, 6) is 0.499. The van der Waals surface area contributed by atoms with E-state index in [1.165, 1.54) is 45.3 Å². The number of amides is 1. The van der Waals surface area contributed by atoms with Crippen LogP contribution in [0, 0.1) is 5.92 Å². The van der Waals surface area contributed by atoms with E-state index in [4.69, 9.17) is 11.6 Å². The Morgan fingerprint density at radius 3 is 2.77 bits per heavy atom. The summed E-state index contributed by atoms with van der Waals surface area (Å²) in [6, 6.07) is 1.23. The van der Waals surface area contributed by atoms with Crippen molar-refractivity contribution in [3.05, 3.63) is 28.9 Å². The van der Waals surface area contributed by atoms with Gasteiger partial charge in [0.1, 0.15) is 11.9 Å². The van der Waals surface area contributed by atoms with Crippen LogP contribution in [-0.2, 0) is 14.3 Å². The fourth-order valence-electron chi connectivity index (χ4n) is 2.94. The number of anilines is 1. The number of carbonyl (C=O) groups is 2. The Balaban J connectivity index is 1.87. The van der Waals surface area contributed by atoms with Crippen LogP contribution in [0.15, 0.2) is 18.3 Å². The van der Waals surface area contributed by atoms with Gasteiger partial charge in [-0.1, -0.05) is 30.9 Å². The van der Waals surface area contributed by atoms with Crippen molar-refractivity contribution in [3.8, 4) is 0 Å². The SMILES string of the molecule is COC(=O)C=Cc1cnc(N[C@H](C)C(=O)NCC2CCCCC2)c(Cl)c1. The third-order valence-corrected chi connectivity index (χ3v) is 4.80. The third kappa shape index (κ3) is 6.33. The molecule has 1 aromatic heterocycles. The van der Waals surface area contributed by atoms with Crippen molar-refractivity contribution in [2.24, 2.45) is 5.92 Å². The molecule has 0 spiro atoms. The highest BCUT2D eigenvalue weighted by molar-refractivity contribution is 6.33. The maximum atomic E-state index is 12.3. The molecule has 142 valence electrons. The van der Waals surface area contributed by atoms with Crippen molar-refractivity contribution in [1.82, 2.24) is 10.3 Å². The van der Waals surface area contributed by atoms with Gasteiger partial charge in [-0.3, -0.25) is 4.79 Å². The lowest BCUT2D eigenvalue weighted by Gasteiger charge is -2.23. The van der Waals surface area contributed by atoms with E-state index in [-0.39, 0.29) is 5.91 Å². The first-order valence-electron chi connectivity index (χ1n) is 8.95. The average Bonchev–Trinajstić information content (AvgIpc) is 2.66. The minimum Gasteiger partial charge on any atom is -0.466 e. The third-order valence-electron chi connectivity index (χ3n) is 4.51. The summed E-state index contributed by atoms with van der Waals surface area (Å²) in [4.78, 5) is 27.6. The summed E-state index contributed by atoms with van der Waals surface area (Å²) in [5, 5.41) is 6.42. The highest BCUT2D eigenvalue weighted by atomic mass is 35.5. The number of hydrogen-bond donors (Lipinski definition) is 2. The number of pyridine rings is 1. The second-order valence-electron chi connectivity index (χ2n) is 6.57. The van der Waals surface area contributed by atoms with Gasteiger partial charge in [0.15, 0.2) is 0 Å². The van der Waals surface area contributed by atoms with Crippen molar-refractivity contribution in [2.75, 3.05) is 19.0 Å². The van der Waals surface area contributed by atoms with Gasteiger partial charge in [0.05, 0.1) is 12.1 Å². The molecule has 1 heterocycles. The normalized spacial score (nSPS) is 16.3. The van der Waals surface area contributed by atoms with Crippen molar-refractivity contribution in [1.29, 1.82) is 0 Å². The van der Waals surface area contributed by atoms with Crippen LogP contribution >= 0.6 is 11.6 Å². The maximum Gasteiger partial charge on any atom is 0.330 e. The number of aromatic nitrogens is 1. The average molecular weight is 380 g/mol. The Labute approximate surface area is 159 Å². The molecule has 0 saturated heterocycles. The summed E-state index contributed by atoms with van der Waals surface area (Å²) in [6.07, 6.45) is 10.6. The van der Waals surface area contributed by atoms with Gasteiger partial charge in [-0.2, -0.15) is 0 Å². The van der Waals surface area contributed by atoms with E-state index >= 15 is 0 Å². The molecule has 6 nitrogen and oxygen atoms in total. The summed E-state index contributed by atoms with van der Waals surface area (Å²) >= 11 is 6.22. The molecule has 0 bridgehead atoms. The molecular weight excluding hydrogens is 354 g/mol. The van der Waals surface area contributed by atoms with Crippen LogP contribution in [0.5, 0.6) is 0 Å². The molecule has 1 saturated carbocycles. The lowest BCUT2D eigenvalue weighted by molar-refractivity contribution is -0.134. The standard InChI is InChI=1S/C19H26ClN3O3/c1-13(19(25)22-11-14-6-4-3-5-7-14)23-18-16(20)10-15(12-21-18)8-9-17(24)26-2/h8-10,12-14H,3-7,11H2,1-2H3,(H,21,23)(H,22,25)/t13-/m1/s1. The van der Waals surface area contributed by atoms with Gasteiger partial charge in [0.25, 0.3) is 0 Å². The molecule has 1 aliphatic carbocycles. The Bertz CT molecular complexity index is 657. The van der Waals surface area contributed by atoms with Crippen molar-refractivity contribution in [3.63, 3.8) is 0 Å². The predicted octanol–water partition coefficient (Wildman–Crippen LogP) is 3.42. The maximum absolute atomic E-state index is 12.3. The zero-order valence-corrected chi connectivity index (χ0v) is 16.0. The van der Waals surface area contributed by atoms with Crippen LogP contribution in [0.4, 0.5) is 5.82 Å². The number of hydrogen-bond acceptors (Lipinski definition) is 5. The molecule has 1 aliphatic rings. The number of nitrogens with zero attached hydrogens (tertiary/aromatic N) is 1. The molecule has 1 aromatic rings. The monoisotopic (exact) mass is 379 g/mol. The highest BCUT2D eigenvalue weighted by Crippen LogP contribution is 2.23. The lowest BCUT2D eigenvalue weighted by atomic mass is 9.89. The van der Waals surface area contributed by atoms with Crippen LogP contribution in [0.3, 0.4) is 0 Å². The summed E-state index contributed by atoms with van der Waals surface area (Å²) in [5.41, 5.74) is 0.667. The minimum absolute atomic E-state index is 0.0666. The molecule has 1 fully saturated rings. The molecule has 7 heteroatoms. The highest BCUT2D eigenvalue weighted by Gasteiger charge is 2.18. The van der Waals surface area contributed by atoms with Crippen molar-refractivity contribution < 1.29 is 14.3 Å². The fraction of sp³-hybridized carbons (Fsp3) is 0.526. The van der Waals surface area contributed by atoms with E-state index in [9.17, 15) is 9.59 Å². The number of esters is 1. The fourth-order valence-corrected chi connectivity index (χ4v) is 3.17.